The van der Waals surface area contributed by atoms with Crippen LogP contribution in [-0.4, -0.2) is 19.8 Å². The minimum absolute atomic E-state index is 0.109. The van der Waals surface area contributed by atoms with Gasteiger partial charge in [0, 0.05) is 6.54 Å². The Morgan fingerprint density at radius 1 is 1.42 bits per heavy atom. The van der Waals surface area contributed by atoms with E-state index in [-0.39, 0.29) is 6.17 Å². The van der Waals surface area contributed by atoms with Crippen LogP contribution < -0.4 is 16.4 Å². The zero-order chi connectivity index (χ0) is 9.82. The molecule has 0 saturated carbocycles. The Morgan fingerprint density at radius 2 is 2.00 bits per heavy atom. The molecule has 0 spiro atoms. The van der Waals surface area contributed by atoms with Crippen molar-refractivity contribution < 1.29 is 0 Å². The van der Waals surface area contributed by atoms with Crippen molar-refractivity contribution in [2.24, 2.45) is 5.73 Å². The van der Waals surface area contributed by atoms with Crippen molar-refractivity contribution in [3.8, 4) is 0 Å². The Balaban J connectivity index is 0. The Hall–Kier alpha value is -0.540. The molecular formula is C9H23N3. The van der Waals surface area contributed by atoms with Crippen LogP contribution in [0.5, 0.6) is 0 Å². The smallest absolute Gasteiger partial charge is 0.0560 e. The summed E-state index contributed by atoms with van der Waals surface area (Å²) in [6.07, 6.45) is 4.94. The summed E-state index contributed by atoms with van der Waals surface area (Å²) in [5, 5.41) is 6.06. The first kappa shape index (κ1) is 14.0. The lowest BCUT2D eigenvalue weighted by Gasteiger charge is -2.08. The summed E-state index contributed by atoms with van der Waals surface area (Å²) in [6, 6.07) is 0. The van der Waals surface area contributed by atoms with Crippen LogP contribution in [0.3, 0.4) is 0 Å². The third-order valence-corrected chi connectivity index (χ3v) is 1.25. The molecule has 74 valence electrons. The molecule has 0 aromatic carbocycles. The van der Waals surface area contributed by atoms with E-state index in [1.807, 2.05) is 40.1 Å². The molecule has 0 aromatic heterocycles. The summed E-state index contributed by atoms with van der Waals surface area (Å²) in [5.41, 5.74) is 5.58. The fourth-order valence-corrected chi connectivity index (χ4v) is 0.584. The summed E-state index contributed by atoms with van der Waals surface area (Å²) in [5.74, 6) is 0. The zero-order valence-electron chi connectivity index (χ0n) is 8.72. The molecule has 0 heterocycles. The second-order valence-corrected chi connectivity index (χ2v) is 2.14. The van der Waals surface area contributed by atoms with E-state index in [1.54, 1.807) is 0 Å². The van der Waals surface area contributed by atoms with Gasteiger partial charge in [-0.25, -0.2) is 0 Å². The molecule has 3 heteroatoms. The maximum atomic E-state index is 5.58. The molecule has 0 fully saturated rings. The molecule has 3 nitrogen and oxygen atoms in total. The summed E-state index contributed by atoms with van der Waals surface area (Å²) in [4.78, 5) is 0. The molecule has 0 rings (SSSR count). The first-order valence-electron chi connectivity index (χ1n) is 4.58. The van der Waals surface area contributed by atoms with Crippen LogP contribution in [0.15, 0.2) is 12.3 Å². The van der Waals surface area contributed by atoms with Crippen LogP contribution in [0.25, 0.3) is 0 Å². The number of hydrogen-bond acceptors (Lipinski definition) is 3. The number of rotatable bonds is 5. The van der Waals surface area contributed by atoms with Crippen molar-refractivity contribution in [3.63, 3.8) is 0 Å². The Morgan fingerprint density at radius 3 is 2.42 bits per heavy atom. The summed E-state index contributed by atoms with van der Waals surface area (Å²) >= 11 is 0. The van der Waals surface area contributed by atoms with Gasteiger partial charge in [-0.05, 0) is 26.6 Å². The molecule has 0 bridgehead atoms. The fourth-order valence-electron chi connectivity index (χ4n) is 0.584. The van der Waals surface area contributed by atoms with Crippen LogP contribution in [-0.2, 0) is 0 Å². The SMILES string of the molecule is C/C=C\NCCC(N)NC.CC. The molecule has 4 N–H and O–H groups in total. The van der Waals surface area contributed by atoms with Gasteiger partial charge in [0.25, 0.3) is 0 Å². The monoisotopic (exact) mass is 173 g/mol. The lowest BCUT2D eigenvalue weighted by atomic mass is 10.3. The van der Waals surface area contributed by atoms with Gasteiger partial charge < -0.3 is 16.4 Å². The number of hydrogen-bond donors (Lipinski definition) is 3. The zero-order valence-corrected chi connectivity index (χ0v) is 8.72. The largest absolute Gasteiger partial charge is 0.391 e. The second kappa shape index (κ2) is 13.1. The van der Waals surface area contributed by atoms with Crippen LogP contribution in [0.4, 0.5) is 0 Å². The van der Waals surface area contributed by atoms with Crippen molar-refractivity contribution in [1.29, 1.82) is 0 Å². The van der Waals surface area contributed by atoms with Crippen molar-refractivity contribution >= 4 is 0 Å². The van der Waals surface area contributed by atoms with Crippen molar-refractivity contribution in [2.75, 3.05) is 13.6 Å². The Labute approximate surface area is 76.4 Å². The highest BCUT2D eigenvalue weighted by molar-refractivity contribution is 4.74. The van der Waals surface area contributed by atoms with E-state index >= 15 is 0 Å². The van der Waals surface area contributed by atoms with Crippen molar-refractivity contribution in [3.05, 3.63) is 12.3 Å². The van der Waals surface area contributed by atoms with Gasteiger partial charge in [0.15, 0.2) is 0 Å². The van der Waals surface area contributed by atoms with Gasteiger partial charge in [-0.3, -0.25) is 0 Å². The Bertz CT molecular complexity index is 91.8. The number of nitrogens with one attached hydrogen (secondary N) is 2. The quantitative estimate of drug-likeness (QED) is 0.430. The van der Waals surface area contributed by atoms with Crippen molar-refractivity contribution in [1.82, 2.24) is 10.6 Å². The predicted octanol–water partition coefficient (Wildman–Crippen LogP) is 1.03. The highest BCUT2D eigenvalue weighted by Gasteiger charge is 1.93. The number of nitrogens with two attached hydrogens (primary N) is 1. The van der Waals surface area contributed by atoms with E-state index in [0.29, 0.717) is 0 Å². The van der Waals surface area contributed by atoms with Gasteiger partial charge in [-0.1, -0.05) is 19.9 Å². The second-order valence-electron chi connectivity index (χ2n) is 2.14. The average Bonchev–Trinajstić information content (AvgIpc) is 2.15. The lowest BCUT2D eigenvalue weighted by Crippen LogP contribution is -2.36. The van der Waals surface area contributed by atoms with Gasteiger partial charge in [0.2, 0.25) is 0 Å². The molecule has 0 saturated heterocycles. The molecule has 0 aliphatic rings. The topological polar surface area (TPSA) is 50.1 Å². The van der Waals surface area contributed by atoms with Crippen LogP contribution in [0.2, 0.25) is 0 Å². The first-order valence-corrected chi connectivity index (χ1v) is 4.58. The summed E-state index contributed by atoms with van der Waals surface area (Å²) in [7, 11) is 1.86. The molecule has 12 heavy (non-hydrogen) atoms. The minimum Gasteiger partial charge on any atom is -0.391 e. The molecule has 1 unspecified atom stereocenters. The van der Waals surface area contributed by atoms with Gasteiger partial charge in [0.1, 0.15) is 0 Å². The van der Waals surface area contributed by atoms with Crippen molar-refractivity contribution in [2.45, 2.75) is 33.4 Å². The minimum atomic E-state index is 0.109. The third kappa shape index (κ3) is 12.2. The van der Waals surface area contributed by atoms with Crippen LogP contribution >= 0.6 is 0 Å². The standard InChI is InChI=1S/C7H17N3.C2H6/c1-3-5-10-6-4-7(8)9-2;1-2/h3,5,7,9-10H,4,6,8H2,1-2H3;1-2H3/b5-3-;. The maximum absolute atomic E-state index is 5.58. The van der Waals surface area contributed by atoms with E-state index in [0.717, 1.165) is 13.0 Å². The lowest BCUT2D eigenvalue weighted by molar-refractivity contribution is 0.532. The van der Waals surface area contributed by atoms with Gasteiger partial charge in [-0.2, -0.15) is 0 Å². The van der Waals surface area contributed by atoms with E-state index in [9.17, 15) is 0 Å². The number of allylic oxidation sites excluding steroid dienone is 1. The predicted molar refractivity (Wildman–Crippen MR) is 55.8 cm³/mol. The van der Waals surface area contributed by atoms with Gasteiger partial charge in [-0.15, -0.1) is 0 Å². The molecule has 0 radical (unpaired) electrons. The molecular weight excluding hydrogens is 150 g/mol. The molecule has 1 atom stereocenters. The normalized spacial score (nSPS) is 12.1. The third-order valence-electron chi connectivity index (χ3n) is 1.25. The molecule has 0 aromatic rings. The van der Waals surface area contributed by atoms with E-state index in [2.05, 4.69) is 10.6 Å². The fraction of sp³-hybridized carbons (Fsp3) is 0.778. The molecule has 0 amide bonds. The van der Waals surface area contributed by atoms with Crippen LogP contribution in [0, 0.1) is 0 Å². The molecule has 0 aliphatic heterocycles. The highest BCUT2D eigenvalue weighted by Crippen LogP contribution is 1.78. The maximum Gasteiger partial charge on any atom is 0.0560 e. The average molecular weight is 173 g/mol. The van der Waals surface area contributed by atoms with E-state index in [4.69, 9.17) is 5.73 Å². The van der Waals surface area contributed by atoms with Gasteiger partial charge >= 0.3 is 0 Å². The summed E-state index contributed by atoms with van der Waals surface area (Å²) < 4.78 is 0. The van der Waals surface area contributed by atoms with E-state index < -0.39 is 0 Å². The summed E-state index contributed by atoms with van der Waals surface area (Å²) in [6.45, 7) is 6.90. The highest BCUT2D eigenvalue weighted by atomic mass is 15.0. The van der Waals surface area contributed by atoms with E-state index in [1.165, 1.54) is 0 Å². The van der Waals surface area contributed by atoms with Gasteiger partial charge in [0.05, 0.1) is 6.17 Å². The van der Waals surface area contributed by atoms with Crippen LogP contribution in [0.1, 0.15) is 27.2 Å². The molecule has 0 aliphatic carbocycles. The first-order chi connectivity index (χ1) is 5.81. The Kier molecular flexibility index (Phi) is 15.3.